The molecule has 20 heavy (non-hydrogen) atoms. The number of hydrogen-bond donors (Lipinski definition) is 1. The highest BCUT2D eigenvalue weighted by Crippen LogP contribution is 2.15. The van der Waals surface area contributed by atoms with Crippen LogP contribution in [-0.4, -0.2) is 38.6 Å². The number of hydrogen-bond acceptors (Lipinski definition) is 3. The Morgan fingerprint density at radius 1 is 1.30 bits per heavy atom. The van der Waals surface area contributed by atoms with E-state index in [1.54, 1.807) is 7.11 Å². The molecule has 0 aliphatic heterocycles. The standard InChI is InChI=1S/C14H19FN2O3/c1-11(18)17(13-5-3-12(15)4-6-13)9-7-14(19)16-8-10-20-2/h3-6H,7-10H2,1-2H3,(H,16,19). The summed E-state index contributed by atoms with van der Waals surface area (Å²) in [7, 11) is 1.55. The lowest BCUT2D eigenvalue weighted by Gasteiger charge is -2.20. The number of ether oxygens (including phenoxy) is 1. The molecule has 1 aromatic carbocycles. The first-order valence-corrected chi connectivity index (χ1v) is 6.34. The Hall–Kier alpha value is -1.95. The molecular weight excluding hydrogens is 263 g/mol. The SMILES string of the molecule is COCCNC(=O)CCN(C(C)=O)c1ccc(F)cc1. The summed E-state index contributed by atoms with van der Waals surface area (Å²) in [5.74, 6) is -0.716. The largest absolute Gasteiger partial charge is 0.383 e. The fraction of sp³-hybridized carbons (Fsp3) is 0.429. The van der Waals surface area contributed by atoms with Crippen LogP contribution in [0.3, 0.4) is 0 Å². The van der Waals surface area contributed by atoms with Gasteiger partial charge in [0.25, 0.3) is 0 Å². The third-order valence-corrected chi connectivity index (χ3v) is 2.71. The van der Waals surface area contributed by atoms with E-state index in [4.69, 9.17) is 4.74 Å². The van der Waals surface area contributed by atoms with Crippen molar-refractivity contribution in [3.8, 4) is 0 Å². The Morgan fingerprint density at radius 2 is 1.95 bits per heavy atom. The number of benzene rings is 1. The molecule has 110 valence electrons. The number of carbonyl (C=O) groups excluding carboxylic acids is 2. The first-order chi connectivity index (χ1) is 9.54. The topological polar surface area (TPSA) is 58.6 Å². The van der Waals surface area contributed by atoms with Crippen LogP contribution in [-0.2, 0) is 14.3 Å². The maximum absolute atomic E-state index is 12.9. The van der Waals surface area contributed by atoms with E-state index in [1.807, 2.05) is 0 Å². The van der Waals surface area contributed by atoms with Gasteiger partial charge in [0.05, 0.1) is 6.61 Å². The van der Waals surface area contributed by atoms with Crippen molar-refractivity contribution in [1.82, 2.24) is 5.32 Å². The van der Waals surface area contributed by atoms with Crippen molar-refractivity contribution in [2.24, 2.45) is 0 Å². The summed E-state index contributed by atoms with van der Waals surface area (Å²) in [5, 5.41) is 2.68. The normalized spacial score (nSPS) is 10.2. The number of anilines is 1. The maximum Gasteiger partial charge on any atom is 0.223 e. The van der Waals surface area contributed by atoms with Gasteiger partial charge in [-0.05, 0) is 24.3 Å². The zero-order valence-corrected chi connectivity index (χ0v) is 11.7. The summed E-state index contributed by atoms with van der Waals surface area (Å²) in [6.07, 6.45) is 0.181. The van der Waals surface area contributed by atoms with Crippen LogP contribution < -0.4 is 10.2 Å². The lowest BCUT2D eigenvalue weighted by molar-refractivity contribution is -0.121. The van der Waals surface area contributed by atoms with Gasteiger partial charge in [0.1, 0.15) is 5.82 Å². The van der Waals surface area contributed by atoms with Gasteiger partial charge in [0.2, 0.25) is 11.8 Å². The molecule has 1 aromatic rings. The smallest absolute Gasteiger partial charge is 0.223 e. The second kappa shape index (κ2) is 8.27. The van der Waals surface area contributed by atoms with Gasteiger partial charge < -0.3 is 15.0 Å². The Morgan fingerprint density at radius 3 is 2.50 bits per heavy atom. The van der Waals surface area contributed by atoms with Gasteiger partial charge in [-0.25, -0.2) is 4.39 Å². The highest BCUT2D eigenvalue weighted by Gasteiger charge is 2.13. The summed E-state index contributed by atoms with van der Waals surface area (Å²) in [6.45, 7) is 2.54. The molecule has 5 nitrogen and oxygen atoms in total. The Labute approximate surface area is 117 Å². The Kier molecular flexibility index (Phi) is 6.66. The van der Waals surface area contributed by atoms with Crippen molar-refractivity contribution < 1.29 is 18.7 Å². The number of halogens is 1. The zero-order valence-electron chi connectivity index (χ0n) is 11.7. The third-order valence-electron chi connectivity index (χ3n) is 2.71. The van der Waals surface area contributed by atoms with Crippen molar-refractivity contribution in [2.75, 3.05) is 31.7 Å². The first kappa shape index (κ1) is 16.1. The quantitative estimate of drug-likeness (QED) is 0.768. The zero-order chi connectivity index (χ0) is 15.0. The van der Waals surface area contributed by atoms with Crippen molar-refractivity contribution in [3.63, 3.8) is 0 Å². The van der Waals surface area contributed by atoms with E-state index in [-0.39, 0.29) is 30.6 Å². The number of rotatable bonds is 7. The minimum Gasteiger partial charge on any atom is -0.383 e. The molecule has 0 saturated heterocycles. The highest BCUT2D eigenvalue weighted by atomic mass is 19.1. The van der Waals surface area contributed by atoms with E-state index < -0.39 is 0 Å². The van der Waals surface area contributed by atoms with E-state index in [1.165, 1.54) is 36.1 Å². The predicted octanol–water partition coefficient (Wildman–Crippen LogP) is 1.33. The second-order valence-electron chi connectivity index (χ2n) is 4.24. The van der Waals surface area contributed by atoms with Crippen LogP contribution in [0.1, 0.15) is 13.3 Å². The van der Waals surface area contributed by atoms with Gasteiger partial charge in [-0.1, -0.05) is 0 Å². The Bertz CT molecular complexity index is 448. The van der Waals surface area contributed by atoms with Gasteiger partial charge in [0.15, 0.2) is 0 Å². The average molecular weight is 282 g/mol. The third kappa shape index (κ3) is 5.36. The van der Waals surface area contributed by atoms with Crippen LogP contribution in [0.15, 0.2) is 24.3 Å². The van der Waals surface area contributed by atoms with E-state index in [0.29, 0.717) is 18.8 Å². The molecular formula is C14H19FN2O3. The van der Waals surface area contributed by atoms with Gasteiger partial charge in [-0.3, -0.25) is 9.59 Å². The number of carbonyl (C=O) groups is 2. The molecule has 0 radical (unpaired) electrons. The molecule has 2 amide bonds. The first-order valence-electron chi connectivity index (χ1n) is 6.34. The Balaban J connectivity index is 2.54. The van der Waals surface area contributed by atoms with Gasteiger partial charge >= 0.3 is 0 Å². The minimum atomic E-state index is -0.366. The molecule has 0 spiro atoms. The van der Waals surface area contributed by atoms with Crippen LogP contribution in [0.25, 0.3) is 0 Å². The summed E-state index contributed by atoms with van der Waals surface area (Å²) in [5.41, 5.74) is 0.573. The van der Waals surface area contributed by atoms with Crippen LogP contribution >= 0.6 is 0 Å². The monoisotopic (exact) mass is 282 g/mol. The van der Waals surface area contributed by atoms with E-state index in [0.717, 1.165) is 0 Å². The molecule has 0 aromatic heterocycles. The minimum absolute atomic E-state index is 0.157. The van der Waals surface area contributed by atoms with Gasteiger partial charge in [0, 0.05) is 39.2 Å². The van der Waals surface area contributed by atoms with Crippen molar-refractivity contribution >= 4 is 17.5 Å². The molecule has 0 aliphatic carbocycles. The summed E-state index contributed by atoms with van der Waals surface area (Å²) in [6, 6.07) is 5.59. The predicted molar refractivity (Wildman–Crippen MR) is 73.9 cm³/mol. The summed E-state index contributed by atoms with van der Waals surface area (Å²) >= 11 is 0. The highest BCUT2D eigenvalue weighted by molar-refractivity contribution is 5.92. The van der Waals surface area contributed by atoms with Crippen LogP contribution in [0, 0.1) is 5.82 Å². The van der Waals surface area contributed by atoms with Crippen molar-refractivity contribution in [1.29, 1.82) is 0 Å². The fourth-order valence-corrected chi connectivity index (χ4v) is 1.68. The second-order valence-corrected chi connectivity index (χ2v) is 4.24. The van der Waals surface area contributed by atoms with E-state index >= 15 is 0 Å². The lowest BCUT2D eigenvalue weighted by Crippen LogP contribution is -2.34. The summed E-state index contributed by atoms with van der Waals surface area (Å²) in [4.78, 5) is 24.6. The molecule has 1 N–H and O–H groups in total. The van der Waals surface area contributed by atoms with Crippen LogP contribution in [0.5, 0.6) is 0 Å². The summed E-state index contributed by atoms with van der Waals surface area (Å²) < 4.78 is 17.7. The molecule has 0 atom stereocenters. The molecule has 6 heteroatoms. The van der Waals surface area contributed by atoms with Crippen molar-refractivity contribution in [3.05, 3.63) is 30.1 Å². The average Bonchev–Trinajstić information content (AvgIpc) is 2.41. The van der Waals surface area contributed by atoms with Gasteiger partial charge in [-0.2, -0.15) is 0 Å². The molecule has 0 saturated carbocycles. The van der Waals surface area contributed by atoms with Gasteiger partial charge in [-0.15, -0.1) is 0 Å². The number of methoxy groups -OCH3 is 1. The number of nitrogens with one attached hydrogen (secondary N) is 1. The van der Waals surface area contributed by atoms with Crippen LogP contribution in [0.4, 0.5) is 10.1 Å². The number of nitrogens with zero attached hydrogens (tertiary/aromatic N) is 1. The number of amides is 2. The van der Waals surface area contributed by atoms with Crippen molar-refractivity contribution in [2.45, 2.75) is 13.3 Å². The molecule has 0 heterocycles. The molecule has 0 unspecified atom stereocenters. The maximum atomic E-state index is 12.9. The lowest BCUT2D eigenvalue weighted by atomic mass is 10.2. The molecule has 0 aliphatic rings. The fourth-order valence-electron chi connectivity index (χ4n) is 1.68. The molecule has 0 bridgehead atoms. The molecule has 0 fully saturated rings. The van der Waals surface area contributed by atoms with E-state index in [2.05, 4.69) is 5.32 Å². The molecule has 1 rings (SSSR count). The van der Waals surface area contributed by atoms with Crippen LogP contribution in [0.2, 0.25) is 0 Å². The van der Waals surface area contributed by atoms with E-state index in [9.17, 15) is 14.0 Å².